The van der Waals surface area contributed by atoms with Crippen LogP contribution < -0.4 is 5.32 Å². The van der Waals surface area contributed by atoms with Crippen LogP contribution in [0.2, 0.25) is 0 Å². The van der Waals surface area contributed by atoms with Gasteiger partial charge in [-0.25, -0.2) is 4.79 Å². The molecule has 1 rings (SSSR count). The van der Waals surface area contributed by atoms with Crippen molar-refractivity contribution < 1.29 is 19.5 Å². The third kappa shape index (κ3) is 3.35. The summed E-state index contributed by atoms with van der Waals surface area (Å²) < 4.78 is 0. The number of rotatable bonds is 5. The lowest BCUT2D eigenvalue weighted by atomic mass is 10.0. The van der Waals surface area contributed by atoms with Crippen LogP contribution in [0.1, 0.15) is 13.8 Å². The molecule has 2 N–H and O–H groups in total. The van der Waals surface area contributed by atoms with Gasteiger partial charge in [-0.3, -0.25) is 9.59 Å². The number of hydrogen-bond acceptors (Lipinski definition) is 3. The van der Waals surface area contributed by atoms with Crippen LogP contribution in [-0.4, -0.2) is 65.5 Å². The van der Waals surface area contributed by atoms with Gasteiger partial charge >= 0.3 is 12.0 Å². The molecule has 18 heavy (non-hydrogen) atoms. The Morgan fingerprint density at radius 1 is 1.28 bits per heavy atom. The molecule has 0 spiro atoms. The van der Waals surface area contributed by atoms with Gasteiger partial charge < -0.3 is 20.2 Å². The van der Waals surface area contributed by atoms with E-state index in [-0.39, 0.29) is 31.6 Å². The van der Waals surface area contributed by atoms with E-state index in [2.05, 4.69) is 5.32 Å². The second-order valence-corrected chi connectivity index (χ2v) is 4.16. The van der Waals surface area contributed by atoms with E-state index in [0.717, 1.165) is 0 Å². The standard InChI is InChI=1S/C11H19N3O4/c1-3-13(4-2)9(15)5-12-11(18)14-6-8(7-14)10(16)17/h8H,3-7H2,1-2H3,(H,12,18)(H,16,17). The summed E-state index contributed by atoms with van der Waals surface area (Å²) in [5.41, 5.74) is 0. The summed E-state index contributed by atoms with van der Waals surface area (Å²) in [5.74, 6) is -1.50. The molecule has 0 aromatic rings. The second kappa shape index (κ2) is 6.23. The van der Waals surface area contributed by atoms with E-state index in [9.17, 15) is 14.4 Å². The van der Waals surface area contributed by atoms with E-state index >= 15 is 0 Å². The van der Waals surface area contributed by atoms with E-state index in [1.807, 2.05) is 13.8 Å². The summed E-state index contributed by atoms with van der Waals surface area (Å²) in [7, 11) is 0. The fraction of sp³-hybridized carbons (Fsp3) is 0.727. The summed E-state index contributed by atoms with van der Waals surface area (Å²) in [4.78, 5) is 36.7. The normalized spacial score (nSPS) is 14.9. The minimum atomic E-state index is -0.890. The number of likely N-dealkylation sites (N-methyl/N-ethyl adjacent to an activating group) is 1. The first-order valence-corrected chi connectivity index (χ1v) is 6.02. The average Bonchev–Trinajstić information content (AvgIpc) is 2.25. The van der Waals surface area contributed by atoms with Crippen LogP contribution in [-0.2, 0) is 9.59 Å². The van der Waals surface area contributed by atoms with Crippen molar-refractivity contribution in [2.45, 2.75) is 13.8 Å². The number of hydrogen-bond donors (Lipinski definition) is 2. The molecule has 0 aromatic carbocycles. The highest BCUT2D eigenvalue weighted by Crippen LogP contribution is 2.14. The fourth-order valence-electron chi connectivity index (χ4n) is 1.75. The van der Waals surface area contributed by atoms with E-state index in [4.69, 9.17) is 5.11 Å². The van der Waals surface area contributed by atoms with Gasteiger partial charge in [-0.05, 0) is 13.8 Å². The second-order valence-electron chi connectivity index (χ2n) is 4.16. The molecule has 0 aromatic heterocycles. The molecule has 7 heteroatoms. The molecule has 0 aliphatic carbocycles. The van der Waals surface area contributed by atoms with Crippen molar-refractivity contribution in [3.8, 4) is 0 Å². The molecule has 102 valence electrons. The van der Waals surface area contributed by atoms with Gasteiger partial charge in [0.1, 0.15) is 0 Å². The van der Waals surface area contributed by atoms with Gasteiger partial charge in [-0.1, -0.05) is 0 Å². The van der Waals surface area contributed by atoms with Crippen molar-refractivity contribution in [2.75, 3.05) is 32.7 Å². The van der Waals surface area contributed by atoms with Gasteiger partial charge in [0.25, 0.3) is 0 Å². The number of carbonyl (C=O) groups is 3. The van der Waals surface area contributed by atoms with E-state index in [1.54, 1.807) is 4.90 Å². The van der Waals surface area contributed by atoms with Crippen LogP contribution in [0.3, 0.4) is 0 Å². The number of nitrogens with one attached hydrogen (secondary N) is 1. The Kier molecular flexibility index (Phi) is 4.94. The third-order valence-electron chi connectivity index (χ3n) is 3.02. The topological polar surface area (TPSA) is 90.0 Å². The Balaban J connectivity index is 2.26. The average molecular weight is 257 g/mol. The summed E-state index contributed by atoms with van der Waals surface area (Å²) in [6, 6.07) is -0.381. The molecule has 3 amide bonds. The molecule has 0 unspecified atom stereocenters. The van der Waals surface area contributed by atoms with E-state index in [1.165, 1.54) is 4.90 Å². The highest BCUT2D eigenvalue weighted by molar-refractivity contribution is 5.85. The maximum atomic E-state index is 11.6. The lowest BCUT2D eigenvalue weighted by Gasteiger charge is -2.36. The molecule has 1 fully saturated rings. The van der Waals surface area contributed by atoms with Gasteiger partial charge in [0.15, 0.2) is 0 Å². The van der Waals surface area contributed by atoms with Crippen molar-refractivity contribution in [1.29, 1.82) is 0 Å². The fourth-order valence-corrected chi connectivity index (χ4v) is 1.75. The number of likely N-dealkylation sites (tertiary alicyclic amines) is 1. The minimum Gasteiger partial charge on any atom is -0.481 e. The van der Waals surface area contributed by atoms with E-state index in [0.29, 0.717) is 13.1 Å². The minimum absolute atomic E-state index is 0.0469. The number of aliphatic carboxylic acids is 1. The first kappa shape index (κ1) is 14.3. The Labute approximate surface area is 106 Å². The maximum absolute atomic E-state index is 11.6. The molecule has 7 nitrogen and oxygen atoms in total. The Morgan fingerprint density at radius 3 is 2.28 bits per heavy atom. The number of carboxylic acids is 1. The number of amides is 3. The molecule has 1 aliphatic heterocycles. The molecule has 0 saturated carbocycles. The van der Waals surface area contributed by atoms with Crippen LogP contribution in [0, 0.1) is 5.92 Å². The maximum Gasteiger partial charge on any atom is 0.317 e. The molecular formula is C11H19N3O4. The first-order chi connectivity index (χ1) is 8.49. The van der Waals surface area contributed by atoms with Gasteiger partial charge in [0.05, 0.1) is 12.5 Å². The van der Waals surface area contributed by atoms with Crippen LogP contribution >= 0.6 is 0 Å². The third-order valence-corrected chi connectivity index (χ3v) is 3.02. The van der Waals surface area contributed by atoms with Gasteiger partial charge in [-0.15, -0.1) is 0 Å². The summed E-state index contributed by atoms with van der Waals surface area (Å²) in [6.07, 6.45) is 0. The zero-order chi connectivity index (χ0) is 13.7. The summed E-state index contributed by atoms with van der Waals surface area (Å²) in [5, 5.41) is 11.2. The SMILES string of the molecule is CCN(CC)C(=O)CNC(=O)N1CC(C(=O)O)C1. The van der Waals surface area contributed by atoms with Gasteiger partial charge in [-0.2, -0.15) is 0 Å². The van der Waals surface area contributed by atoms with Crippen LogP contribution in [0.15, 0.2) is 0 Å². The lowest BCUT2D eigenvalue weighted by molar-refractivity contribution is -0.146. The highest BCUT2D eigenvalue weighted by Gasteiger charge is 2.35. The highest BCUT2D eigenvalue weighted by atomic mass is 16.4. The predicted octanol–water partition coefficient (Wildman–Crippen LogP) is -0.419. The summed E-state index contributed by atoms with van der Waals surface area (Å²) in [6.45, 7) is 5.33. The van der Waals surface area contributed by atoms with Crippen molar-refractivity contribution in [3.63, 3.8) is 0 Å². The summed E-state index contributed by atoms with van der Waals surface area (Å²) >= 11 is 0. The molecule has 1 saturated heterocycles. The van der Waals surface area contributed by atoms with E-state index < -0.39 is 11.9 Å². The van der Waals surface area contributed by atoms with Crippen LogP contribution in [0.5, 0.6) is 0 Å². The Bertz CT molecular complexity index is 335. The predicted molar refractivity (Wildman–Crippen MR) is 64.0 cm³/mol. The smallest absolute Gasteiger partial charge is 0.317 e. The monoisotopic (exact) mass is 257 g/mol. The number of nitrogens with zero attached hydrogens (tertiary/aromatic N) is 2. The number of carbonyl (C=O) groups excluding carboxylic acids is 2. The first-order valence-electron chi connectivity index (χ1n) is 6.02. The quantitative estimate of drug-likeness (QED) is 0.700. The molecule has 1 heterocycles. The zero-order valence-electron chi connectivity index (χ0n) is 10.7. The Hall–Kier alpha value is -1.79. The number of carboxylic acid groups (broad SMARTS) is 1. The molecule has 0 bridgehead atoms. The van der Waals surface area contributed by atoms with Gasteiger partial charge in [0, 0.05) is 26.2 Å². The van der Waals surface area contributed by atoms with Crippen LogP contribution in [0.25, 0.3) is 0 Å². The molecule has 0 atom stereocenters. The van der Waals surface area contributed by atoms with Crippen LogP contribution in [0.4, 0.5) is 4.79 Å². The Morgan fingerprint density at radius 2 is 1.83 bits per heavy atom. The molecular weight excluding hydrogens is 238 g/mol. The molecule has 1 aliphatic rings. The number of urea groups is 1. The van der Waals surface area contributed by atoms with Crippen molar-refractivity contribution in [1.82, 2.24) is 15.1 Å². The van der Waals surface area contributed by atoms with Crippen molar-refractivity contribution in [2.24, 2.45) is 5.92 Å². The van der Waals surface area contributed by atoms with Crippen molar-refractivity contribution >= 4 is 17.9 Å². The van der Waals surface area contributed by atoms with Gasteiger partial charge in [0.2, 0.25) is 5.91 Å². The lowest BCUT2D eigenvalue weighted by Crippen LogP contribution is -2.57. The largest absolute Gasteiger partial charge is 0.481 e. The van der Waals surface area contributed by atoms with Crippen molar-refractivity contribution in [3.05, 3.63) is 0 Å². The molecule has 0 radical (unpaired) electrons. The zero-order valence-corrected chi connectivity index (χ0v) is 10.7.